The standard InChI is InChI=1S/C32H15F6O4P/c33-23-11-17(12-24(34)29(23)37)21-9-15-5-1-3-7-19(15)27-28-20-8-4-2-6-16(20)10-22(18-13-25(35)30(38)26(36)14-18)32(28)42-43(39,40)41-31(21)27/h1-14H,(H,39,40). The van der Waals surface area contributed by atoms with Crippen LogP contribution < -0.4 is 9.05 Å². The van der Waals surface area contributed by atoms with Gasteiger partial charge in [0.25, 0.3) is 0 Å². The second kappa shape index (κ2) is 9.62. The van der Waals surface area contributed by atoms with Crippen LogP contribution in [-0.2, 0) is 4.57 Å². The van der Waals surface area contributed by atoms with Gasteiger partial charge in [-0.1, -0.05) is 48.5 Å². The highest BCUT2D eigenvalue weighted by molar-refractivity contribution is 7.48. The third-order valence-electron chi connectivity index (χ3n) is 7.26. The van der Waals surface area contributed by atoms with E-state index in [-0.39, 0.29) is 44.9 Å². The molecule has 6 aromatic carbocycles. The molecule has 0 saturated carbocycles. The minimum absolute atomic E-state index is 0.0643. The average molecular weight is 608 g/mol. The van der Waals surface area contributed by atoms with Crippen molar-refractivity contribution in [1.29, 1.82) is 0 Å². The molecule has 0 aromatic heterocycles. The second-order valence-electron chi connectivity index (χ2n) is 9.86. The summed E-state index contributed by atoms with van der Waals surface area (Å²) in [5, 5.41) is 1.91. The summed E-state index contributed by atoms with van der Waals surface area (Å²) in [5.41, 5.74) is -0.228. The number of phosphoric acid groups is 1. The quantitative estimate of drug-likeness (QED) is 0.121. The molecule has 1 aliphatic rings. The first-order valence-corrected chi connectivity index (χ1v) is 14.2. The molecule has 1 aliphatic heterocycles. The molecule has 4 nitrogen and oxygen atoms in total. The maximum atomic E-state index is 14.4. The van der Waals surface area contributed by atoms with Crippen LogP contribution in [0.3, 0.4) is 0 Å². The molecule has 0 atom stereocenters. The molecule has 0 unspecified atom stereocenters. The Balaban J connectivity index is 1.69. The van der Waals surface area contributed by atoms with Crippen LogP contribution in [0.2, 0.25) is 0 Å². The van der Waals surface area contributed by atoms with Crippen LogP contribution in [0.25, 0.3) is 54.9 Å². The molecule has 0 amide bonds. The molecular weight excluding hydrogens is 593 g/mol. The topological polar surface area (TPSA) is 55.8 Å². The van der Waals surface area contributed by atoms with E-state index >= 15 is 0 Å². The molecule has 7 rings (SSSR count). The maximum absolute atomic E-state index is 14.4. The van der Waals surface area contributed by atoms with Gasteiger partial charge >= 0.3 is 7.82 Å². The molecule has 11 heteroatoms. The summed E-state index contributed by atoms with van der Waals surface area (Å²) >= 11 is 0. The molecule has 0 fully saturated rings. The average Bonchev–Trinajstić information content (AvgIpc) is 3.10. The van der Waals surface area contributed by atoms with E-state index in [0.717, 1.165) is 24.3 Å². The summed E-state index contributed by atoms with van der Waals surface area (Å²) in [7, 11) is -5.14. The van der Waals surface area contributed by atoms with Gasteiger partial charge in [0.2, 0.25) is 0 Å². The summed E-state index contributed by atoms with van der Waals surface area (Å²) in [6.45, 7) is 0. The highest BCUT2D eigenvalue weighted by atomic mass is 31.2. The van der Waals surface area contributed by atoms with Crippen molar-refractivity contribution in [3.63, 3.8) is 0 Å². The van der Waals surface area contributed by atoms with Gasteiger partial charge in [0.05, 0.1) is 0 Å². The van der Waals surface area contributed by atoms with E-state index in [9.17, 15) is 35.8 Å². The summed E-state index contributed by atoms with van der Waals surface area (Å²) in [6.07, 6.45) is 0. The zero-order valence-corrected chi connectivity index (χ0v) is 22.4. The fourth-order valence-corrected chi connectivity index (χ4v) is 6.32. The van der Waals surface area contributed by atoms with Gasteiger partial charge in [-0.15, -0.1) is 0 Å². The minimum Gasteiger partial charge on any atom is -0.394 e. The zero-order chi connectivity index (χ0) is 30.2. The van der Waals surface area contributed by atoms with E-state index in [1.807, 2.05) is 0 Å². The second-order valence-corrected chi connectivity index (χ2v) is 11.2. The molecular formula is C32H15F6O4P. The number of hydrogen-bond donors (Lipinski definition) is 1. The lowest BCUT2D eigenvalue weighted by Crippen LogP contribution is -2.01. The van der Waals surface area contributed by atoms with Crippen molar-refractivity contribution in [2.45, 2.75) is 0 Å². The van der Waals surface area contributed by atoms with Gasteiger partial charge in [-0.05, 0) is 69.1 Å². The van der Waals surface area contributed by atoms with Crippen molar-refractivity contribution in [2.24, 2.45) is 0 Å². The van der Waals surface area contributed by atoms with E-state index < -0.39 is 42.7 Å². The number of hydrogen-bond acceptors (Lipinski definition) is 3. The molecule has 6 aromatic rings. The third kappa shape index (κ3) is 4.33. The van der Waals surface area contributed by atoms with Crippen molar-refractivity contribution in [3.8, 4) is 44.9 Å². The van der Waals surface area contributed by atoms with Crippen molar-refractivity contribution in [2.75, 3.05) is 0 Å². The van der Waals surface area contributed by atoms with Gasteiger partial charge in [0, 0.05) is 22.3 Å². The van der Waals surface area contributed by atoms with E-state index in [4.69, 9.17) is 9.05 Å². The van der Waals surface area contributed by atoms with Gasteiger partial charge < -0.3 is 9.05 Å². The Morgan fingerprint density at radius 1 is 0.535 bits per heavy atom. The number of phosphoric ester groups is 1. The number of halogens is 6. The zero-order valence-electron chi connectivity index (χ0n) is 21.5. The summed E-state index contributed by atoms with van der Waals surface area (Å²) in [4.78, 5) is 10.9. The molecule has 0 radical (unpaired) electrons. The summed E-state index contributed by atoms with van der Waals surface area (Å²) in [6, 6.07) is 19.2. The van der Waals surface area contributed by atoms with Gasteiger partial charge in [-0.2, -0.15) is 0 Å². The fraction of sp³-hybridized carbons (Fsp3) is 0. The number of benzene rings is 6. The third-order valence-corrected chi connectivity index (χ3v) is 8.08. The van der Waals surface area contributed by atoms with E-state index in [1.54, 1.807) is 48.5 Å². The van der Waals surface area contributed by atoms with E-state index in [0.29, 0.717) is 21.5 Å². The Morgan fingerprint density at radius 3 is 1.26 bits per heavy atom. The lowest BCUT2D eigenvalue weighted by atomic mass is 9.86. The monoisotopic (exact) mass is 608 g/mol. The molecule has 0 aliphatic carbocycles. The molecule has 1 N–H and O–H groups in total. The lowest BCUT2D eigenvalue weighted by Gasteiger charge is -2.19. The number of rotatable bonds is 2. The molecule has 0 saturated heterocycles. The first-order valence-electron chi connectivity index (χ1n) is 12.7. The van der Waals surface area contributed by atoms with Gasteiger partial charge in [-0.25, -0.2) is 30.9 Å². The normalized spacial score (nSPS) is 13.7. The summed E-state index contributed by atoms with van der Waals surface area (Å²) < 4.78 is 110. The van der Waals surface area contributed by atoms with Crippen LogP contribution in [0.4, 0.5) is 26.3 Å². The molecule has 1 heterocycles. The van der Waals surface area contributed by atoms with E-state index in [2.05, 4.69) is 0 Å². The van der Waals surface area contributed by atoms with Crippen LogP contribution in [-0.4, -0.2) is 4.89 Å². The Morgan fingerprint density at radius 2 is 0.884 bits per heavy atom. The summed E-state index contributed by atoms with van der Waals surface area (Å²) in [5.74, 6) is -10.0. The van der Waals surface area contributed by atoms with Crippen molar-refractivity contribution >= 4 is 29.4 Å². The van der Waals surface area contributed by atoms with Crippen LogP contribution in [0, 0.1) is 34.9 Å². The highest BCUT2D eigenvalue weighted by Crippen LogP contribution is 2.61. The Labute approximate surface area is 239 Å². The SMILES string of the molecule is O=P1(O)Oc2c(-c3cc(F)c(F)c(F)c3)cc3ccccc3c2-c2c(c(-c3cc(F)c(F)c(F)c3)cc3ccccc23)O1. The largest absolute Gasteiger partial charge is 0.584 e. The van der Waals surface area contributed by atoms with Crippen molar-refractivity contribution < 1.29 is 44.8 Å². The van der Waals surface area contributed by atoms with Gasteiger partial charge in [0.15, 0.2) is 34.9 Å². The van der Waals surface area contributed by atoms with Crippen LogP contribution in [0.15, 0.2) is 84.9 Å². The Hall–Kier alpha value is -4.79. The van der Waals surface area contributed by atoms with Gasteiger partial charge in [-0.3, -0.25) is 4.89 Å². The van der Waals surface area contributed by atoms with Crippen LogP contribution in [0.1, 0.15) is 0 Å². The lowest BCUT2D eigenvalue weighted by molar-refractivity contribution is 0.295. The smallest absolute Gasteiger partial charge is 0.394 e. The number of fused-ring (bicyclic) bond motifs is 7. The first-order chi connectivity index (χ1) is 20.5. The van der Waals surface area contributed by atoms with Crippen molar-refractivity contribution in [3.05, 3.63) is 120 Å². The van der Waals surface area contributed by atoms with Crippen LogP contribution in [0.5, 0.6) is 11.5 Å². The molecule has 0 bridgehead atoms. The fourth-order valence-electron chi connectivity index (χ4n) is 5.44. The van der Waals surface area contributed by atoms with Crippen LogP contribution >= 0.6 is 7.82 Å². The van der Waals surface area contributed by atoms with E-state index in [1.165, 1.54) is 12.1 Å². The molecule has 43 heavy (non-hydrogen) atoms. The highest BCUT2D eigenvalue weighted by Gasteiger charge is 2.38. The maximum Gasteiger partial charge on any atom is 0.584 e. The van der Waals surface area contributed by atoms with Crippen molar-refractivity contribution in [1.82, 2.24) is 0 Å². The molecule has 214 valence electrons. The minimum atomic E-state index is -5.14. The van der Waals surface area contributed by atoms with Gasteiger partial charge in [0.1, 0.15) is 11.5 Å². The predicted molar refractivity (Wildman–Crippen MR) is 149 cm³/mol. The molecule has 0 spiro atoms. The Bertz CT molecular complexity index is 2020. The first kappa shape index (κ1) is 27.1. The predicted octanol–water partition coefficient (Wildman–Crippen LogP) is 9.70. The Kier molecular flexibility index (Phi) is 6.06.